The predicted octanol–water partition coefficient (Wildman–Crippen LogP) is 4.14. The number of unbranched alkanes of at least 4 members (excludes halogenated alkanes) is 1. The van der Waals surface area contributed by atoms with Gasteiger partial charge in [0.25, 0.3) is 0 Å². The van der Waals surface area contributed by atoms with E-state index in [4.69, 9.17) is 9.47 Å². The van der Waals surface area contributed by atoms with Crippen LogP contribution >= 0.6 is 0 Å². The Labute approximate surface area is 127 Å². The van der Waals surface area contributed by atoms with Gasteiger partial charge in [0.15, 0.2) is 11.5 Å². The Kier molecular flexibility index (Phi) is 7.65. The fraction of sp³-hybridized carbons (Fsp3) is 0.588. The van der Waals surface area contributed by atoms with Gasteiger partial charge in [-0.2, -0.15) is 0 Å². The van der Waals surface area contributed by atoms with E-state index < -0.39 is 0 Å². The molecule has 118 valence electrons. The largest absolute Gasteiger partial charge is 0.493 e. The third-order valence-corrected chi connectivity index (χ3v) is 3.71. The van der Waals surface area contributed by atoms with Gasteiger partial charge >= 0.3 is 0 Å². The number of anilines is 1. The quantitative estimate of drug-likeness (QED) is 0.658. The van der Waals surface area contributed by atoms with E-state index in [1.54, 1.807) is 19.2 Å². The highest BCUT2D eigenvalue weighted by molar-refractivity contribution is 5.81. The molecule has 1 N–H and O–H groups in total. The first-order valence-corrected chi connectivity index (χ1v) is 7.67. The van der Waals surface area contributed by atoms with E-state index in [2.05, 4.69) is 19.2 Å². The fourth-order valence-electron chi connectivity index (χ4n) is 2.28. The van der Waals surface area contributed by atoms with E-state index in [1.165, 1.54) is 19.3 Å². The first kappa shape index (κ1) is 17.3. The summed E-state index contributed by atoms with van der Waals surface area (Å²) < 4.78 is 11.3. The summed E-state index contributed by atoms with van der Waals surface area (Å²) in [6.45, 7) is 5.06. The molecule has 4 heteroatoms. The van der Waals surface area contributed by atoms with Crippen molar-refractivity contribution in [2.45, 2.75) is 39.5 Å². The van der Waals surface area contributed by atoms with Crippen molar-refractivity contribution in [3.05, 3.63) is 17.7 Å². The molecule has 0 radical (unpaired) electrons. The molecule has 0 saturated carbocycles. The van der Waals surface area contributed by atoms with Crippen molar-refractivity contribution in [3.63, 3.8) is 0 Å². The molecule has 0 aliphatic rings. The Morgan fingerprint density at radius 2 is 2.10 bits per heavy atom. The Hall–Kier alpha value is -1.71. The fourth-order valence-corrected chi connectivity index (χ4v) is 2.28. The third-order valence-electron chi connectivity index (χ3n) is 3.71. The van der Waals surface area contributed by atoms with Crippen LogP contribution in [0.25, 0.3) is 0 Å². The van der Waals surface area contributed by atoms with Crippen LogP contribution in [0.3, 0.4) is 0 Å². The molecule has 0 fully saturated rings. The molecule has 21 heavy (non-hydrogen) atoms. The maximum atomic E-state index is 11.0. The second kappa shape index (κ2) is 9.27. The summed E-state index contributed by atoms with van der Waals surface area (Å²) >= 11 is 0. The van der Waals surface area contributed by atoms with Gasteiger partial charge in [-0.1, -0.05) is 33.1 Å². The highest BCUT2D eigenvalue weighted by Crippen LogP contribution is 2.37. The van der Waals surface area contributed by atoms with Gasteiger partial charge in [0.2, 0.25) is 0 Å². The number of rotatable bonds is 10. The summed E-state index contributed by atoms with van der Waals surface area (Å²) in [6.07, 6.45) is 5.51. The second-order valence-electron chi connectivity index (χ2n) is 5.20. The standard InChI is InChI=1S/C17H27NO3/c1-5-7-8-13(6-2)12-21-17-15(18-3)9-14(11-19)10-16(17)20-4/h9-11,13,18H,5-8,12H2,1-4H3. The molecule has 1 aromatic rings. The first-order valence-electron chi connectivity index (χ1n) is 7.67. The number of carbonyl (C=O) groups is 1. The summed E-state index contributed by atoms with van der Waals surface area (Å²) in [4.78, 5) is 11.0. The van der Waals surface area contributed by atoms with Crippen molar-refractivity contribution in [2.24, 2.45) is 5.92 Å². The molecule has 0 aliphatic heterocycles. The Morgan fingerprint density at radius 3 is 2.62 bits per heavy atom. The lowest BCUT2D eigenvalue weighted by Crippen LogP contribution is -2.13. The zero-order valence-electron chi connectivity index (χ0n) is 13.6. The molecule has 0 aromatic heterocycles. The summed E-state index contributed by atoms with van der Waals surface area (Å²) in [5.41, 5.74) is 1.35. The molecule has 1 unspecified atom stereocenters. The van der Waals surface area contributed by atoms with Crippen molar-refractivity contribution in [3.8, 4) is 11.5 Å². The van der Waals surface area contributed by atoms with Crippen molar-refractivity contribution < 1.29 is 14.3 Å². The number of hydrogen-bond acceptors (Lipinski definition) is 4. The summed E-state index contributed by atoms with van der Waals surface area (Å²) in [6, 6.07) is 3.48. The third kappa shape index (κ3) is 4.96. The Morgan fingerprint density at radius 1 is 1.33 bits per heavy atom. The van der Waals surface area contributed by atoms with Gasteiger partial charge in [0.05, 0.1) is 19.4 Å². The van der Waals surface area contributed by atoms with Crippen molar-refractivity contribution >= 4 is 12.0 Å². The second-order valence-corrected chi connectivity index (χ2v) is 5.20. The van der Waals surface area contributed by atoms with Crippen molar-refractivity contribution in [1.82, 2.24) is 0 Å². The number of aldehydes is 1. The number of methoxy groups -OCH3 is 1. The molecule has 0 amide bonds. The number of benzene rings is 1. The topological polar surface area (TPSA) is 47.6 Å². The number of ether oxygens (including phenoxy) is 2. The van der Waals surface area contributed by atoms with Gasteiger partial charge in [-0.3, -0.25) is 4.79 Å². The van der Waals surface area contributed by atoms with Gasteiger partial charge in [-0.25, -0.2) is 0 Å². The molecule has 0 heterocycles. The number of nitrogens with one attached hydrogen (secondary N) is 1. The van der Waals surface area contributed by atoms with Gasteiger partial charge < -0.3 is 14.8 Å². The maximum Gasteiger partial charge on any atom is 0.184 e. The zero-order valence-corrected chi connectivity index (χ0v) is 13.6. The minimum atomic E-state index is 0.546. The lowest BCUT2D eigenvalue weighted by Gasteiger charge is -2.19. The molecular formula is C17H27NO3. The lowest BCUT2D eigenvalue weighted by atomic mass is 10.0. The molecule has 0 saturated heterocycles. The molecule has 1 atom stereocenters. The molecule has 0 aliphatic carbocycles. The molecule has 1 aromatic carbocycles. The van der Waals surface area contributed by atoms with E-state index in [1.807, 2.05) is 7.05 Å². The van der Waals surface area contributed by atoms with Crippen LogP contribution in [0.1, 0.15) is 49.9 Å². The normalized spacial score (nSPS) is 11.8. The number of carbonyl (C=O) groups excluding carboxylic acids is 1. The monoisotopic (exact) mass is 293 g/mol. The maximum absolute atomic E-state index is 11.0. The number of hydrogen-bond donors (Lipinski definition) is 1. The smallest absolute Gasteiger partial charge is 0.184 e. The Balaban J connectivity index is 2.87. The molecule has 1 rings (SSSR count). The summed E-state index contributed by atoms with van der Waals surface area (Å²) in [5.74, 6) is 1.82. The molecule has 0 spiro atoms. The van der Waals surface area contributed by atoms with Gasteiger partial charge in [0.1, 0.15) is 6.29 Å². The predicted molar refractivity (Wildman–Crippen MR) is 86.7 cm³/mol. The zero-order chi connectivity index (χ0) is 15.7. The molecular weight excluding hydrogens is 266 g/mol. The molecule has 4 nitrogen and oxygen atoms in total. The van der Waals surface area contributed by atoms with E-state index in [-0.39, 0.29) is 0 Å². The van der Waals surface area contributed by atoms with E-state index in [9.17, 15) is 4.79 Å². The SMILES string of the molecule is CCCCC(CC)COc1c(NC)cc(C=O)cc1OC. The average molecular weight is 293 g/mol. The van der Waals surface area contributed by atoms with Crippen LogP contribution in [0, 0.1) is 5.92 Å². The molecule has 0 bridgehead atoms. The average Bonchev–Trinajstić information content (AvgIpc) is 2.54. The van der Waals surface area contributed by atoms with Gasteiger partial charge in [-0.05, 0) is 24.5 Å². The van der Waals surface area contributed by atoms with Crippen LogP contribution < -0.4 is 14.8 Å². The van der Waals surface area contributed by atoms with Crippen LogP contribution in [0.4, 0.5) is 5.69 Å². The minimum absolute atomic E-state index is 0.546. The lowest BCUT2D eigenvalue weighted by molar-refractivity contribution is 0.112. The summed E-state index contributed by atoms with van der Waals surface area (Å²) in [5, 5.41) is 3.07. The van der Waals surface area contributed by atoms with Crippen LogP contribution in [-0.4, -0.2) is 27.1 Å². The van der Waals surface area contributed by atoms with E-state index in [0.29, 0.717) is 29.6 Å². The van der Waals surface area contributed by atoms with E-state index in [0.717, 1.165) is 18.4 Å². The minimum Gasteiger partial charge on any atom is -0.493 e. The van der Waals surface area contributed by atoms with Gasteiger partial charge in [0, 0.05) is 12.6 Å². The van der Waals surface area contributed by atoms with Crippen LogP contribution in [0.15, 0.2) is 12.1 Å². The van der Waals surface area contributed by atoms with Crippen LogP contribution in [-0.2, 0) is 0 Å². The highest BCUT2D eigenvalue weighted by Gasteiger charge is 2.15. The van der Waals surface area contributed by atoms with Crippen LogP contribution in [0.2, 0.25) is 0 Å². The van der Waals surface area contributed by atoms with E-state index >= 15 is 0 Å². The van der Waals surface area contributed by atoms with Crippen molar-refractivity contribution in [1.29, 1.82) is 0 Å². The van der Waals surface area contributed by atoms with Gasteiger partial charge in [-0.15, -0.1) is 0 Å². The Bertz CT molecular complexity index is 421. The van der Waals surface area contributed by atoms with Crippen LogP contribution in [0.5, 0.6) is 11.5 Å². The highest BCUT2D eigenvalue weighted by atomic mass is 16.5. The first-order chi connectivity index (χ1) is 10.2. The summed E-state index contributed by atoms with van der Waals surface area (Å²) in [7, 11) is 3.40. The van der Waals surface area contributed by atoms with Crippen molar-refractivity contribution in [2.75, 3.05) is 26.1 Å².